The molecule has 0 amide bonds. The van der Waals surface area contributed by atoms with Gasteiger partial charge in [-0.25, -0.2) is 0 Å². The molecule has 260 valence electrons. The maximum Gasteiger partial charge on any atom is 0.186 e. The minimum absolute atomic E-state index is 0.0548. The van der Waals surface area contributed by atoms with Gasteiger partial charge in [0.05, 0.1) is 30.5 Å². The van der Waals surface area contributed by atoms with Gasteiger partial charge >= 0.3 is 0 Å². The van der Waals surface area contributed by atoms with Crippen LogP contribution in [0.25, 0.3) is 0 Å². The lowest BCUT2D eigenvalue weighted by Gasteiger charge is -2.72. The molecule has 45 heavy (non-hydrogen) atoms. The van der Waals surface area contributed by atoms with Crippen molar-refractivity contribution in [2.45, 2.75) is 161 Å². The second kappa shape index (κ2) is 12.1. The first-order valence-electron chi connectivity index (χ1n) is 17.4. The lowest BCUT2D eigenvalue weighted by atomic mass is 9.34. The van der Waals surface area contributed by atoms with Crippen molar-refractivity contribution in [2.75, 3.05) is 6.61 Å². The van der Waals surface area contributed by atoms with E-state index in [0.29, 0.717) is 25.7 Å². The molecule has 4 aliphatic carbocycles. The summed E-state index contributed by atoms with van der Waals surface area (Å²) in [6, 6.07) is 0. The molecule has 0 bridgehead atoms. The standard InChI is InChI=1S/C36H62O9/c1-19(2)10-9-13-36(8,43)20-11-15-34(6)26(20)21(38)16-24-33(5)14-12-25(39)32(3,4)30(33)22(17-35(24,34)7)44-31-29(42)28(41)27(40)23(18-37)45-31/h10,20-31,37-43H,9,11-18H2,1-8H3/t20-,21+,22-,23+,24?,25-,26-,27+,28-,29+,30?,31+,33+,34-,35+,36-/m0/s1. The van der Waals surface area contributed by atoms with Gasteiger partial charge in [0.15, 0.2) is 6.29 Å². The molecule has 0 spiro atoms. The van der Waals surface area contributed by atoms with Crippen molar-refractivity contribution in [3.63, 3.8) is 0 Å². The van der Waals surface area contributed by atoms with Gasteiger partial charge in [-0.05, 0) is 117 Å². The number of fused-ring (bicyclic) bond motifs is 5. The Morgan fingerprint density at radius 1 is 0.933 bits per heavy atom. The molecule has 5 aliphatic rings. The van der Waals surface area contributed by atoms with E-state index in [4.69, 9.17) is 9.47 Å². The summed E-state index contributed by atoms with van der Waals surface area (Å²) in [4.78, 5) is 0. The number of ether oxygens (including phenoxy) is 2. The molecule has 4 saturated carbocycles. The normalized spacial score (nSPS) is 52.2. The van der Waals surface area contributed by atoms with E-state index in [1.54, 1.807) is 0 Å². The fraction of sp³-hybridized carbons (Fsp3) is 0.944. The second-order valence-corrected chi connectivity index (χ2v) is 17.5. The molecular weight excluding hydrogens is 576 g/mol. The van der Waals surface area contributed by atoms with E-state index in [2.05, 4.69) is 54.5 Å². The van der Waals surface area contributed by atoms with E-state index in [1.807, 2.05) is 6.92 Å². The summed E-state index contributed by atoms with van der Waals surface area (Å²) in [6.07, 6.45) is -0.603. The van der Waals surface area contributed by atoms with Crippen LogP contribution in [0.2, 0.25) is 0 Å². The first-order valence-corrected chi connectivity index (χ1v) is 17.4. The van der Waals surface area contributed by atoms with E-state index in [-0.39, 0.29) is 39.9 Å². The average molecular weight is 639 g/mol. The van der Waals surface area contributed by atoms with Crippen LogP contribution in [0.15, 0.2) is 11.6 Å². The average Bonchev–Trinajstić information content (AvgIpc) is 3.33. The third kappa shape index (κ3) is 5.48. The lowest BCUT2D eigenvalue weighted by Crippen LogP contribution is -2.71. The van der Waals surface area contributed by atoms with Crippen molar-refractivity contribution in [2.24, 2.45) is 45.3 Å². The van der Waals surface area contributed by atoms with Crippen molar-refractivity contribution in [3.8, 4) is 0 Å². The van der Waals surface area contributed by atoms with E-state index < -0.39 is 66.6 Å². The summed E-state index contributed by atoms with van der Waals surface area (Å²) in [6.45, 7) is 16.6. The number of hydrogen-bond donors (Lipinski definition) is 7. The smallest absolute Gasteiger partial charge is 0.186 e. The SMILES string of the molecule is CC(C)=CCC[C@](C)(O)[C@H]1CC[C@@]2(C)[C@@H]1[C@H](O)CC1[C@@]3(C)CC[C@H](O)C(C)(C)C3[C@@H](O[C@@H]3O[C@H](CO)[C@@H](O)[C@H](O)[C@H]3O)C[C@]12C. The Labute approximate surface area is 270 Å². The van der Waals surface area contributed by atoms with Crippen LogP contribution < -0.4 is 0 Å². The predicted molar refractivity (Wildman–Crippen MR) is 170 cm³/mol. The largest absolute Gasteiger partial charge is 0.394 e. The zero-order valence-corrected chi connectivity index (χ0v) is 28.8. The van der Waals surface area contributed by atoms with Crippen molar-refractivity contribution >= 4 is 0 Å². The Kier molecular flexibility index (Phi) is 9.56. The molecule has 0 aromatic heterocycles. The molecule has 5 rings (SSSR count). The molecule has 0 aromatic carbocycles. The number of rotatable bonds is 7. The van der Waals surface area contributed by atoms with E-state index in [9.17, 15) is 35.7 Å². The zero-order chi connectivity index (χ0) is 33.5. The van der Waals surface area contributed by atoms with Crippen LogP contribution in [0.4, 0.5) is 0 Å². The number of hydrogen-bond acceptors (Lipinski definition) is 9. The van der Waals surface area contributed by atoms with Gasteiger partial charge in [0.2, 0.25) is 0 Å². The monoisotopic (exact) mass is 638 g/mol. The molecule has 0 radical (unpaired) electrons. The molecule has 5 fully saturated rings. The Morgan fingerprint density at radius 3 is 2.22 bits per heavy atom. The summed E-state index contributed by atoms with van der Waals surface area (Å²) < 4.78 is 12.6. The Hall–Kier alpha value is -0.620. The molecular formula is C36H62O9. The summed E-state index contributed by atoms with van der Waals surface area (Å²) in [5.74, 6) is -0.186. The first-order chi connectivity index (χ1) is 20.8. The third-order valence-electron chi connectivity index (χ3n) is 14.4. The highest BCUT2D eigenvalue weighted by atomic mass is 16.7. The lowest BCUT2D eigenvalue weighted by molar-refractivity contribution is -0.346. The third-order valence-corrected chi connectivity index (χ3v) is 14.4. The van der Waals surface area contributed by atoms with Gasteiger partial charge in [-0.15, -0.1) is 0 Å². The molecule has 16 atom stereocenters. The predicted octanol–water partition coefficient (Wildman–Crippen LogP) is 3.30. The molecule has 1 saturated heterocycles. The summed E-state index contributed by atoms with van der Waals surface area (Å²) in [7, 11) is 0. The summed E-state index contributed by atoms with van der Waals surface area (Å²) >= 11 is 0. The van der Waals surface area contributed by atoms with Crippen LogP contribution in [0.1, 0.15) is 107 Å². The topological polar surface area (TPSA) is 160 Å². The van der Waals surface area contributed by atoms with Crippen molar-refractivity contribution in [1.82, 2.24) is 0 Å². The summed E-state index contributed by atoms with van der Waals surface area (Å²) in [5.41, 5.74) is -1.21. The Bertz CT molecular complexity index is 1100. The van der Waals surface area contributed by atoms with Gasteiger partial charge in [-0.2, -0.15) is 0 Å². The highest BCUT2D eigenvalue weighted by Crippen LogP contribution is 2.76. The first kappa shape index (κ1) is 35.7. The summed E-state index contributed by atoms with van der Waals surface area (Å²) in [5, 5.41) is 77.2. The molecule has 1 aliphatic heterocycles. The van der Waals surface area contributed by atoms with Gasteiger partial charge in [-0.3, -0.25) is 0 Å². The highest BCUT2D eigenvalue weighted by molar-refractivity contribution is 5.22. The van der Waals surface area contributed by atoms with Crippen LogP contribution in [0.5, 0.6) is 0 Å². The highest BCUT2D eigenvalue weighted by Gasteiger charge is 2.73. The molecule has 9 heteroatoms. The van der Waals surface area contributed by atoms with Crippen molar-refractivity contribution in [1.29, 1.82) is 0 Å². The van der Waals surface area contributed by atoms with Crippen LogP contribution >= 0.6 is 0 Å². The minimum Gasteiger partial charge on any atom is -0.394 e. The van der Waals surface area contributed by atoms with Crippen LogP contribution in [-0.2, 0) is 9.47 Å². The van der Waals surface area contributed by atoms with Gasteiger partial charge in [0.25, 0.3) is 0 Å². The molecule has 7 N–H and O–H groups in total. The van der Waals surface area contributed by atoms with E-state index >= 15 is 0 Å². The van der Waals surface area contributed by atoms with Crippen molar-refractivity contribution < 1.29 is 45.2 Å². The van der Waals surface area contributed by atoms with Crippen LogP contribution in [0, 0.1) is 45.3 Å². The quantitative estimate of drug-likeness (QED) is 0.164. The number of allylic oxidation sites excluding steroid dienone is 2. The molecule has 9 nitrogen and oxygen atoms in total. The maximum absolute atomic E-state index is 12.1. The van der Waals surface area contributed by atoms with Gasteiger partial charge in [0, 0.05) is 0 Å². The zero-order valence-electron chi connectivity index (χ0n) is 28.8. The Morgan fingerprint density at radius 2 is 1.60 bits per heavy atom. The maximum atomic E-state index is 12.1. The van der Waals surface area contributed by atoms with Crippen LogP contribution in [-0.4, -0.2) is 97.0 Å². The number of aliphatic hydroxyl groups is 7. The second-order valence-electron chi connectivity index (χ2n) is 17.5. The Balaban J connectivity index is 1.54. The molecule has 2 unspecified atom stereocenters. The minimum atomic E-state index is -1.54. The van der Waals surface area contributed by atoms with E-state index in [0.717, 1.165) is 25.7 Å². The van der Waals surface area contributed by atoms with Crippen LogP contribution in [0.3, 0.4) is 0 Å². The van der Waals surface area contributed by atoms with Gasteiger partial charge in [-0.1, -0.05) is 46.3 Å². The fourth-order valence-corrected chi connectivity index (χ4v) is 11.9. The molecule has 1 heterocycles. The van der Waals surface area contributed by atoms with E-state index in [1.165, 1.54) is 5.57 Å². The van der Waals surface area contributed by atoms with Crippen molar-refractivity contribution in [3.05, 3.63) is 11.6 Å². The number of aliphatic hydroxyl groups excluding tert-OH is 6. The molecule has 0 aromatic rings. The fourth-order valence-electron chi connectivity index (χ4n) is 11.9. The van der Waals surface area contributed by atoms with Gasteiger partial charge in [0.1, 0.15) is 24.4 Å². The van der Waals surface area contributed by atoms with Gasteiger partial charge < -0.3 is 45.2 Å².